The molecule has 0 atom stereocenters. The molecule has 11 heteroatoms. The third kappa shape index (κ3) is 7.18. The molecule has 39 heavy (non-hydrogen) atoms. The van der Waals surface area contributed by atoms with Gasteiger partial charge in [0.15, 0.2) is 22.4 Å². The monoisotopic (exact) mass is 572 g/mol. The number of halogens is 3. The maximum absolute atomic E-state index is 13.2. The summed E-state index contributed by atoms with van der Waals surface area (Å²) in [6.45, 7) is 2.28. The van der Waals surface area contributed by atoms with E-state index in [9.17, 15) is 22.8 Å². The molecule has 0 aromatic heterocycles. The van der Waals surface area contributed by atoms with E-state index in [-0.39, 0.29) is 27.4 Å². The Morgan fingerprint density at radius 1 is 1.03 bits per heavy atom. The summed E-state index contributed by atoms with van der Waals surface area (Å²) in [7, 11) is 0. The van der Waals surface area contributed by atoms with Crippen molar-refractivity contribution in [1.82, 2.24) is 5.32 Å². The zero-order chi connectivity index (χ0) is 28.0. The van der Waals surface area contributed by atoms with E-state index >= 15 is 0 Å². The molecule has 0 saturated carbocycles. The average Bonchev–Trinajstić information content (AvgIpc) is 3.19. The number of hydrogen-bond donors (Lipinski definition) is 1. The van der Waals surface area contributed by atoms with Gasteiger partial charge >= 0.3 is 6.18 Å². The van der Waals surface area contributed by atoms with Crippen LogP contribution in [0.1, 0.15) is 23.6 Å². The Morgan fingerprint density at radius 3 is 2.51 bits per heavy atom. The van der Waals surface area contributed by atoms with Crippen molar-refractivity contribution in [3.63, 3.8) is 0 Å². The van der Waals surface area contributed by atoms with Gasteiger partial charge < -0.3 is 14.8 Å². The van der Waals surface area contributed by atoms with Crippen LogP contribution in [0.5, 0.6) is 11.5 Å². The quantitative estimate of drug-likeness (QED) is 0.243. The van der Waals surface area contributed by atoms with Crippen LogP contribution in [0.15, 0.2) is 77.7 Å². The smallest absolute Gasteiger partial charge is 0.416 e. The molecule has 3 aromatic carbocycles. The first-order valence-corrected chi connectivity index (χ1v) is 13.0. The maximum Gasteiger partial charge on any atom is 0.416 e. The minimum atomic E-state index is -4.55. The van der Waals surface area contributed by atoms with Crippen LogP contribution >= 0.6 is 24.0 Å². The van der Waals surface area contributed by atoms with Crippen LogP contribution in [0.3, 0.4) is 0 Å². The van der Waals surface area contributed by atoms with Crippen molar-refractivity contribution in [3.8, 4) is 11.5 Å². The lowest BCUT2D eigenvalue weighted by atomic mass is 10.1. The molecule has 0 radical (unpaired) electrons. The number of ether oxygens (including phenoxy) is 2. The van der Waals surface area contributed by atoms with Crippen LogP contribution in [-0.2, 0) is 22.3 Å². The normalized spacial score (nSPS) is 14.6. The van der Waals surface area contributed by atoms with Crippen molar-refractivity contribution < 1.29 is 32.2 Å². The first-order chi connectivity index (χ1) is 18.7. The topological polar surface area (TPSA) is 67.9 Å². The number of nitrogens with zero attached hydrogens (tertiary/aromatic N) is 1. The van der Waals surface area contributed by atoms with Crippen LogP contribution < -0.4 is 19.7 Å². The van der Waals surface area contributed by atoms with Gasteiger partial charge in [-0.1, -0.05) is 66.4 Å². The molecule has 0 bridgehead atoms. The Balaban J connectivity index is 1.46. The van der Waals surface area contributed by atoms with Crippen molar-refractivity contribution in [1.29, 1.82) is 0 Å². The van der Waals surface area contributed by atoms with Gasteiger partial charge in [-0.3, -0.25) is 14.5 Å². The standard InChI is InChI=1S/C28H23F3N2O4S2/c1-2-36-23-13-19(11-12-22(23)37-17-25(34)32-16-18-7-4-3-5-8-18)14-24-26(35)33(27(38)39-24)21-10-6-9-20(15-21)28(29,30)31/h3-15H,2,16-17H2,1H3,(H,32,34)/b24-14-. The Bertz CT molecular complexity index is 1410. The number of nitrogens with one attached hydrogen (secondary N) is 1. The Labute approximate surface area is 232 Å². The predicted octanol–water partition coefficient (Wildman–Crippen LogP) is 6.21. The van der Waals surface area contributed by atoms with Crippen LogP contribution in [-0.4, -0.2) is 29.3 Å². The second kappa shape index (κ2) is 12.4. The third-order valence-electron chi connectivity index (χ3n) is 5.48. The largest absolute Gasteiger partial charge is 0.490 e. The summed E-state index contributed by atoms with van der Waals surface area (Å²) in [5.74, 6) is -0.114. The Morgan fingerprint density at radius 2 is 1.79 bits per heavy atom. The van der Waals surface area contributed by atoms with Crippen molar-refractivity contribution >= 4 is 51.9 Å². The Kier molecular flexibility index (Phi) is 8.93. The Hall–Kier alpha value is -3.83. The number of amides is 2. The van der Waals surface area contributed by atoms with Gasteiger partial charge in [0.05, 0.1) is 22.8 Å². The van der Waals surface area contributed by atoms with Gasteiger partial charge in [-0.05, 0) is 54.5 Å². The molecule has 0 aliphatic carbocycles. The number of thiocarbonyl (C=S) groups is 1. The van der Waals surface area contributed by atoms with Crippen LogP contribution in [0.2, 0.25) is 0 Å². The number of thioether (sulfide) groups is 1. The summed E-state index contributed by atoms with van der Waals surface area (Å²) in [5, 5.41) is 2.78. The summed E-state index contributed by atoms with van der Waals surface area (Å²) >= 11 is 6.28. The highest BCUT2D eigenvalue weighted by molar-refractivity contribution is 8.27. The number of alkyl halides is 3. The average molecular weight is 573 g/mol. The van der Waals surface area contributed by atoms with Gasteiger partial charge in [-0.25, -0.2) is 0 Å². The SMILES string of the molecule is CCOc1cc(/C=C2\SC(=S)N(c3cccc(C(F)(F)F)c3)C2=O)ccc1OCC(=O)NCc1ccccc1. The van der Waals surface area contributed by atoms with Crippen LogP contribution in [0.4, 0.5) is 18.9 Å². The molecule has 0 spiro atoms. The van der Waals surface area contributed by atoms with E-state index in [4.69, 9.17) is 21.7 Å². The van der Waals surface area contributed by atoms with Gasteiger partial charge in [-0.15, -0.1) is 0 Å². The lowest BCUT2D eigenvalue weighted by Gasteiger charge is -2.16. The second-order valence-electron chi connectivity index (χ2n) is 8.26. The minimum Gasteiger partial charge on any atom is -0.490 e. The fourth-order valence-electron chi connectivity index (χ4n) is 3.66. The lowest BCUT2D eigenvalue weighted by molar-refractivity contribution is -0.137. The van der Waals surface area contributed by atoms with E-state index in [1.54, 1.807) is 31.2 Å². The summed E-state index contributed by atoms with van der Waals surface area (Å²) in [5.41, 5.74) is 0.719. The van der Waals surface area contributed by atoms with Gasteiger partial charge in [-0.2, -0.15) is 13.2 Å². The molecule has 6 nitrogen and oxygen atoms in total. The molecule has 0 unspecified atom stereocenters. The van der Waals surface area contributed by atoms with Crippen LogP contribution in [0, 0.1) is 0 Å². The molecule has 1 saturated heterocycles. The summed E-state index contributed by atoms with van der Waals surface area (Å²) in [4.78, 5) is 26.6. The van der Waals surface area contributed by atoms with Crippen molar-refractivity contribution in [2.45, 2.75) is 19.6 Å². The number of carbonyl (C=O) groups excluding carboxylic acids is 2. The van der Waals surface area contributed by atoms with E-state index in [2.05, 4.69) is 5.32 Å². The van der Waals surface area contributed by atoms with Gasteiger partial charge in [0, 0.05) is 6.54 Å². The van der Waals surface area contributed by atoms with E-state index in [1.807, 2.05) is 30.3 Å². The molecule has 1 aliphatic heterocycles. The van der Waals surface area contributed by atoms with Gasteiger partial charge in [0.1, 0.15) is 0 Å². The molecule has 4 rings (SSSR count). The molecule has 2 amide bonds. The summed E-state index contributed by atoms with van der Waals surface area (Å²) in [6, 6.07) is 18.9. The summed E-state index contributed by atoms with van der Waals surface area (Å²) < 4.78 is 50.9. The number of rotatable bonds is 9. The minimum absolute atomic E-state index is 0.0417. The molecule has 1 heterocycles. The van der Waals surface area contributed by atoms with Gasteiger partial charge in [0.2, 0.25) is 0 Å². The molecule has 1 N–H and O–H groups in total. The zero-order valence-corrected chi connectivity index (χ0v) is 22.3. The number of hydrogen-bond acceptors (Lipinski definition) is 6. The first-order valence-electron chi connectivity index (χ1n) is 11.8. The number of benzene rings is 3. The molecule has 3 aromatic rings. The van der Waals surface area contributed by atoms with Crippen molar-refractivity contribution in [3.05, 3.63) is 94.4 Å². The molecular weight excluding hydrogens is 549 g/mol. The molecule has 1 aliphatic rings. The fourth-order valence-corrected chi connectivity index (χ4v) is 4.95. The molecule has 202 valence electrons. The number of carbonyl (C=O) groups is 2. The highest BCUT2D eigenvalue weighted by atomic mass is 32.2. The van der Waals surface area contributed by atoms with Crippen LogP contribution in [0.25, 0.3) is 6.08 Å². The maximum atomic E-state index is 13.2. The highest BCUT2D eigenvalue weighted by Gasteiger charge is 2.36. The highest BCUT2D eigenvalue weighted by Crippen LogP contribution is 2.39. The van der Waals surface area contributed by atoms with E-state index in [0.29, 0.717) is 30.2 Å². The first kappa shape index (κ1) is 28.2. The van der Waals surface area contributed by atoms with E-state index in [0.717, 1.165) is 34.4 Å². The zero-order valence-electron chi connectivity index (χ0n) is 20.7. The predicted molar refractivity (Wildman–Crippen MR) is 148 cm³/mol. The molecule has 1 fully saturated rings. The fraction of sp³-hybridized carbons (Fsp3) is 0.179. The lowest BCUT2D eigenvalue weighted by Crippen LogP contribution is -2.28. The van der Waals surface area contributed by atoms with Gasteiger partial charge in [0.25, 0.3) is 11.8 Å². The van der Waals surface area contributed by atoms with E-state index < -0.39 is 17.6 Å². The van der Waals surface area contributed by atoms with Crippen molar-refractivity contribution in [2.75, 3.05) is 18.1 Å². The molecular formula is C28H23F3N2O4S2. The van der Waals surface area contributed by atoms with Crippen molar-refractivity contribution in [2.24, 2.45) is 0 Å². The second-order valence-corrected chi connectivity index (χ2v) is 9.93. The summed E-state index contributed by atoms with van der Waals surface area (Å²) in [6.07, 6.45) is -2.97. The van der Waals surface area contributed by atoms with E-state index in [1.165, 1.54) is 12.1 Å². The number of anilines is 1. The third-order valence-corrected chi connectivity index (χ3v) is 6.78.